The summed E-state index contributed by atoms with van der Waals surface area (Å²) in [4.78, 5) is 25.0. The lowest BCUT2D eigenvalue weighted by Gasteiger charge is -2.08. The van der Waals surface area contributed by atoms with Crippen molar-refractivity contribution < 1.29 is 5.11 Å². The van der Waals surface area contributed by atoms with Crippen molar-refractivity contribution in [1.82, 2.24) is 19.9 Å². The molecule has 2 heterocycles. The van der Waals surface area contributed by atoms with Gasteiger partial charge in [-0.05, 0) is 6.42 Å². The van der Waals surface area contributed by atoms with Gasteiger partial charge in [0.1, 0.15) is 5.82 Å². The number of hydrogen-bond acceptors (Lipinski definition) is 5. The van der Waals surface area contributed by atoms with E-state index in [-0.39, 0.29) is 29.7 Å². The lowest BCUT2D eigenvalue weighted by atomic mass is 10.0. The second kappa shape index (κ2) is 4.54. The molecule has 0 fully saturated rings. The molecule has 17 heavy (non-hydrogen) atoms. The Kier molecular flexibility index (Phi) is 3.10. The summed E-state index contributed by atoms with van der Waals surface area (Å²) in [6.45, 7) is 2.01. The number of anilines is 1. The monoisotopic (exact) mass is 237 g/mol. The fourth-order valence-corrected chi connectivity index (χ4v) is 1.80. The zero-order valence-electron chi connectivity index (χ0n) is 9.53. The number of hydrogen-bond donors (Lipinski definition) is 4. The fraction of sp³-hybridized carbons (Fsp3) is 0.500. The highest BCUT2D eigenvalue weighted by Gasteiger charge is 2.16. The molecule has 1 unspecified atom stereocenters. The molecule has 0 saturated heterocycles. The molecule has 0 bridgehead atoms. The molecule has 0 spiro atoms. The lowest BCUT2D eigenvalue weighted by Crippen LogP contribution is -2.11. The molecule has 2 aromatic heterocycles. The van der Waals surface area contributed by atoms with E-state index in [1.54, 1.807) is 0 Å². The van der Waals surface area contributed by atoms with Gasteiger partial charge in [0.2, 0.25) is 5.95 Å². The van der Waals surface area contributed by atoms with E-state index in [9.17, 15) is 9.90 Å². The maximum Gasteiger partial charge on any atom is 0.278 e. The molecule has 0 aliphatic carbocycles. The summed E-state index contributed by atoms with van der Waals surface area (Å²) in [7, 11) is 0. The van der Waals surface area contributed by atoms with Crippen LogP contribution in [0.15, 0.2) is 4.79 Å². The van der Waals surface area contributed by atoms with Crippen LogP contribution in [0.2, 0.25) is 0 Å². The highest BCUT2D eigenvalue weighted by atomic mass is 16.3. The number of aliphatic hydroxyl groups excluding tert-OH is 1. The van der Waals surface area contributed by atoms with Crippen molar-refractivity contribution >= 4 is 17.1 Å². The SMILES string of the molecule is CCCC(CO)c1nc2nc(N)[nH]c(=O)c2[nH]1. The summed E-state index contributed by atoms with van der Waals surface area (Å²) in [6.07, 6.45) is 1.72. The number of aromatic nitrogens is 4. The molecule has 0 aliphatic heterocycles. The first-order valence-electron chi connectivity index (χ1n) is 5.52. The molecule has 7 heteroatoms. The van der Waals surface area contributed by atoms with Crippen molar-refractivity contribution in [3.8, 4) is 0 Å². The van der Waals surface area contributed by atoms with E-state index in [4.69, 9.17) is 5.73 Å². The minimum Gasteiger partial charge on any atom is -0.396 e. The van der Waals surface area contributed by atoms with E-state index in [2.05, 4.69) is 19.9 Å². The molecule has 2 rings (SSSR count). The Balaban J connectivity index is 2.50. The molecule has 2 aromatic rings. The predicted octanol–water partition coefficient (Wildman–Crippen LogP) is 0.104. The Morgan fingerprint density at radius 1 is 1.41 bits per heavy atom. The number of imidazole rings is 1. The van der Waals surface area contributed by atoms with Crippen LogP contribution in [-0.4, -0.2) is 31.6 Å². The van der Waals surface area contributed by atoms with Crippen LogP contribution in [-0.2, 0) is 0 Å². The van der Waals surface area contributed by atoms with Crippen LogP contribution in [0.1, 0.15) is 31.5 Å². The summed E-state index contributed by atoms with van der Waals surface area (Å²) in [6, 6.07) is 0. The summed E-state index contributed by atoms with van der Waals surface area (Å²) in [5.74, 6) is 0.513. The summed E-state index contributed by atoms with van der Waals surface area (Å²) in [5, 5.41) is 9.27. The van der Waals surface area contributed by atoms with Gasteiger partial charge in [-0.1, -0.05) is 13.3 Å². The number of H-pyrrole nitrogens is 2. The zero-order chi connectivity index (χ0) is 12.4. The van der Waals surface area contributed by atoms with E-state index in [1.807, 2.05) is 6.92 Å². The van der Waals surface area contributed by atoms with Gasteiger partial charge in [-0.25, -0.2) is 4.98 Å². The van der Waals surface area contributed by atoms with Crippen LogP contribution in [0.25, 0.3) is 11.2 Å². The van der Waals surface area contributed by atoms with Crippen LogP contribution < -0.4 is 11.3 Å². The highest BCUT2D eigenvalue weighted by molar-refractivity contribution is 5.70. The number of fused-ring (bicyclic) bond motifs is 1. The smallest absolute Gasteiger partial charge is 0.278 e. The molecule has 0 aromatic carbocycles. The van der Waals surface area contributed by atoms with Crippen molar-refractivity contribution in [2.75, 3.05) is 12.3 Å². The summed E-state index contributed by atoms with van der Waals surface area (Å²) >= 11 is 0. The van der Waals surface area contributed by atoms with E-state index in [1.165, 1.54) is 0 Å². The molecule has 0 radical (unpaired) electrons. The molecular formula is C10H15N5O2. The Morgan fingerprint density at radius 2 is 2.18 bits per heavy atom. The quantitative estimate of drug-likeness (QED) is 0.601. The number of aromatic amines is 2. The summed E-state index contributed by atoms with van der Waals surface area (Å²) in [5.41, 5.74) is 5.67. The average molecular weight is 237 g/mol. The number of aliphatic hydroxyl groups is 1. The van der Waals surface area contributed by atoms with Crippen molar-refractivity contribution in [3.05, 3.63) is 16.2 Å². The third-order valence-corrected chi connectivity index (χ3v) is 2.64. The normalized spacial score (nSPS) is 13.1. The van der Waals surface area contributed by atoms with Crippen LogP contribution in [0.5, 0.6) is 0 Å². The minimum absolute atomic E-state index is 0.0128. The fourth-order valence-electron chi connectivity index (χ4n) is 1.80. The second-order valence-electron chi connectivity index (χ2n) is 3.94. The van der Waals surface area contributed by atoms with Crippen LogP contribution in [0.4, 0.5) is 5.95 Å². The molecule has 5 N–H and O–H groups in total. The number of nitrogen functional groups attached to an aromatic ring is 1. The zero-order valence-corrected chi connectivity index (χ0v) is 9.53. The second-order valence-corrected chi connectivity index (χ2v) is 3.94. The Morgan fingerprint density at radius 3 is 2.82 bits per heavy atom. The van der Waals surface area contributed by atoms with Crippen LogP contribution in [0.3, 0.4) is 0 Å². The first kappa shape index (κ1) is 11.6. The first-order valence-corrected chi connectivity index (χ1v) is 5.52. The Hall–Kier alpha value is -1.89. The molecule has 7 nitrogen and oxygen atoms in total. The van der Waals surface area contributed by atoms with E-state index in [0.717, 1.165) is 12.8 Å². The van der Waals surface area contributed by atoms with E-state index in [0.29, 0.717) is 11.3 Å². The third-order valence-electron chi connectivity index (χ3n) is 2.64. The van der Waals surface area contributed by atoms with Gasteiger partial charge in [0.05, 0.1) is 6.61 Å². The largest absolute Gasteiger partial charge is 0.396 e. The van der Waals surface area contributed by atoms with Crippen molar-refractivity contribution in [3.63, 3.8) is 0 Å². The third kappa shape index (κ3) is 2.14. The van der Waals surface area contributed by atoms with Gasteiger partial charge in [0.15, 0.2) is 11.2 Å². The highest BCUT2D eigenvalue weighted by Crippen LogP contribution is 2.19. The van der Waals surface area contributed by atoms with Crippen molar-refractivity contribution in [1.29, 1.82) is 0 Å². The standard InChI is InChI=1S/C10H15N5O2/c1-2-3-5(4-16)7-12-6-8(13-7)14-10(11)15-9(6)17/h5,16H,2-4H2,1H3,(H4,11,12,13,14,15,17). The Bertz CT molecular complexity index is 574. The topological polar surface area (TPSA) is 121 Å². The van der Waals surface area contributed by atoms with Gasteiger partial charge >= 0.3 is 0 Å². The molecule has 0 saturated carbocycles. The van der Waals surface area contributed by atoms with Gasteiger partial charge in [0, 0.05) is 5.92 Å². The molecule has 1 atom stereocenters. The predicted molar refractivity (Wildman–Crippen MR) is 63.7 cm³/mol. The van der Waals surface area contributed by atoms with Gasteiger partial charge < -0.3 is 15.8 Å². The maximum atomic E-state index is 11.6. The van der Waals surface area contributed by atoms with Gasteiger partial charge in [-0.2, -0.15) is 4.98 Å². The van der Waals surface area contributed by atoms with Crippen molar-refractivity contribution in [2.24, 2.45) is 0 Å². The summed E-state index contributed by atoms with van der Waals surface area (Å²) < 4.78 is 0. The van der Waals surface area contributed by atoms with Crippen LogP contribution in [0, 0.1) is 0 Å². The average Bonchev–Trinajstić information content (AvgIpc) is 2.69. The molecule has 0 aliphatic rings. The van der Waals surface area contributed by atoms with Gasteiger partial charge in [-0.15, -0.1) is 0 Å². The van der Waals surface area contributed by atoms with Gasteiger partial charge in [-0.3, -0.25) is 9.78 Å². The van der Waals surface area contributed by atoms with Crippen molar-refractivity contribution in [2.45, 2.75) is 25.7 Å². The number of nitrogens with zero attached hydrogens (tertiary/aromatic N) is 2. The first-order chi connectivity index (χ1) is 8.15. The molecular weight excluding hydrogens is 222 g/mol. The number of rotatable bonds is 4. The van der Waals surface area contributed by atoms with Crippen LogP contribution >= 0.6 is 0 Å². The van der Waals surface area contributed by atoms with E-state index >= 15 is 0 Å². The molecule has 92 valence electrons. The minimum atomic E-state index is -0.348. The Labute approximate surface area is 97.1 Å². The maximum absolute atomic E-state index is 11.6. The van der Waals surface area contributed by atoms with E-state index < -0.39 is 0 Å². The molecule has 0 amide bonds. The number of nitrogens with one attached hydrogen (secondary N) is 2. The lowest BCUT2D eigenvalue weighted by molar-refractivity contribution is 0.254. The number of nitrogens with two attached hydrogens (primary N) is 1. The van der Waals surface area contributed by atoms with Gasteiger partial charge in [0.25, 0.3) is 5.56 Å².